The molecule has 1 rings (SSSR count). The lowest BCUT2D eigenvalue weighted by molar-refractivity contribution is 0.368. The fourth-order valence-corrected chi connectivity index (χ4v) is 1.12. The molecule has 0 aromatic carbocycles. The Hall–Kier alpha value is -1.31. The fraction of sp³-hybridized carbons (Fsp3) is 0.364. The monoisotopic (exact) mass is 177 g/mol. The number of aromatic nitrogens is 1. The highest BCUT2D eigenvalue weighted by Crippen LogP contribution is 2.14. The van der Waals surface area contributed by atoms with Crippen LogP contribution in [0.2, 0.25) is 0 Å². The quantitative estimate of drug-likeness (QED) is 0.662. The van der Waals surface area contributed by atoms with Crippen molar-refractivity contribution in [1.82, 2.24) is 4.98 Å². The first kappa shape index (κ1) is 9.78. The number of aryl methyl sites for hydroxylation is 1. The van der Waals surface area contributed by atoms with E-state index < -0.39 is 0 Å². The van der Waals surface area contributed by atoms with E-state index in [1.54, 1.807) is 7.11 Å². The molecular formula is C11H15NO. The van der Waals surface area contributed by atoms with Crippen LogP contribution in [0.4, 0.5) is 0 Å². The summed E-state index contributed by atoms with van der Waals surface area (Å²) in [5, 5.41) is 0. The second-order valence-corrected chi connectivity index (χ2v) is 2.87. The summed E-state index contributed by atoms with van der Waals surface area (Å²) in [7, 11) is 1.68. The number of ether oxygens (including phenoxy) is 1. The van der Waals surface area contributed by atoms with Crippen molar-refractivity contribution < 1.29 is 4.74 Å². The van der Waals surface area contributed by atoms with Gasteiger partial charge in [-0.25, -0.2) is 0 Å². The fourth-order valence-electron chi connectivity index (χ4n) is 1.12. The molecule has 1 heterocycles. The van der Waals surface area contributed by atoms with Crippen LogP contribution in [0.15, 0.2) is 24.4 Å². The Morgan fingerprint density at radius 1 is 1.54 bits per heavy atom. The summed E-state index contributed by atoms with van der Waals surface area (Å²) in [5.74, 6) is 0.898. The molecule has 0 N–H and O–H groups in total. The smallest absolute Gasteiger partial charge is 0.123 e. The van der Waals surface area contributed by atoms with Crippen molar-refractivity contribution in [3.63, 3.8) is 0 Å². The van der Waals surface area contributed by atoms with E-state index >= 15 is 0 Å². The predicted octanol–water partition coefficient (Wildman–Crippen LogP) is 2.79. The van der Waals surface area contributed by atoms with Gasteiger partial charge in [0, 0.05) is 17.5 Å². The first-order valence-electron chi connectivity index (χ1n) is 4.45. The lowest BCUT2D eigenvalue weighted by atomic mass is 10.2. The van der Waals surface area contributed by atoms with Gasteiger partial charge in [-0.15, -0.1) is 0 Å². The standard InChI is InChI=1S/C11H15NO/c1-4-5-11(13-3)10-7-6-9(2)12-8-10/h5-8H,4H2,1-3H3/b11-5+. The van der Waals surface area contributed by atoms with Gasteiger partial charge in [0.25, 0.3) is 0 Å². The van der Waals surface area contributed by atoms with Crippen LogP contribution >= 0.6 is 0 Å². The second-order valence-electron chi connectivity index (χ2n) is 2.87. The second kappa shape index (κ2) is 4.65. The van der Waals surface area contributed by atoms with Gasteiger partial charge in [-0.1, -0.05) is 6.92 Å². The number of pyridine rings is 1. The zero-order valence-corrected chi connectivity index (χ0v) is 8.37. The van der Waals surface area contributed by atoms with Crippen molar-refractivity contribution in [3.05, 3.63) is 35.7 Å². The summed E-state index contributed by atoms with van der Waals surface area (Å²) in [6, 6.07) is 4.01. The molecule has 0 spiro atoms. The molecule has 2 nitrogen and oxygen atoms in total. The maximum absolute atomic E-state index is 5.24. The van der Waals surface area contributed by atoms with E-state index in [1.165, 1.54) is 0 Å². The molecule has 0 fully saturated rings. The zero-order valence-electron chi connectivity index (χ0n) is 8.37. The van der Waals surface area contributed by atoms with Crippen molar-refractivity contribution in [1.29, 1.82) is 0 Å². The van der Waals surface area contributed by atoms with Crippen molar-refractivity contribution in [2.24, 2.45) is 0 Å². The van der Waals surface area contributed by atoms with E-state index in [0.29, 0.717) is 0 Å². The summed E-state index contributed by atoms with van der Waals surface area (Å²) in [6.45, 7) is 4.06. The number of rotatable bonds is 3. The molecule has 0 saturated carbocycles. The summed E-state index contributed by atoms with van der Waals surface area (Å²) in [5.41, 5.74) is 2.06. The molecule has 0 saturated heterocycles. The molecule has 1 aromatic heterocycles. The molecule has 70 valence electrons. The Morgan fingerprint density at radius 3 is 2.77 bits per heavy atom. The molecule has 0 unspecified atom stereocenters. The van der Waals surface area contributed by atoms with Crippen LogP contribution in [0, 0.1) is 6.92 Å². The molecule has 0 aliphatic carbocycles. The van der Waals surface area contributed by atoms with E-state index in [2.05, 4.69) is 11.9 Å². The third kappa shape index (κ3) is 2.58. The van der Waals surface area contributed by atoms with Crippen LogP contribution < -0.4 is 0 Å². The van der Waals surface area contributed by atoms with Crippen LogP contribution in [0.1, 0.15) is 24.6 Å². The summed E-state index contributed by atoms with van der Waals surface area (Å²) in [4.78, 5) is 4.21. The third-order valence-electron chi connectivity index (χ3n) is 1.81. The summed E-state index contributed by atoms with van der Waals surface area (Å²) < 4.78 is 5.24. The van der Waals surface area contributed by atoms with Crippen LogP contribution in [-0.4, -0.2) is 12.1 Å². The summed E-state index contributed by atoms with van der Waals surface area (Å²) >= 11 is 0. The van der Waals surface area contributed by atoms with E-state index in [-0.39, 0.29) is 0 Å². The van der Waals surface area contributed by atoms with Crippen molar-refractivity contribution in [2.75, 3.05) is 7.11 Å². The van der Waals surface area contributed by atoms with Crippen molar-refractivity contribution in [2.45, 2.75) is 20.3 Å². The van der Waals surface area contributed by atoms with Crippen LogP contribution in [0.5, 0.6) is 0 Å². The van der Waals surface area contributed by atoms with Gasteiger partial charge >= 0.3 is 0 Å². The number of methoxy groups -OCH3 is 1. The van der Waals surface area contributed by atoms with Gasteiger partial charge in [-0.2, -0.15) is 0 Å². The third-order valence-corrected chi connectivity index (χ3v) is 1.81. The number of nitrogens with zero attached hydrogens (tertiary/aromatic N) is 1. The molecule has 0 aliphatic rings. The maximum Gasteiger partial charge on any atom is 0.123 e. The minimum atomic E-state index is 0.898. The Kier molecular flexibility index (Phi) is 3.50. The highest BCUT2D eigenvalue weighted by Gasteiger charge is 1.99. The van der Waals surface area contributed by atoms with E-state index in [4.69, 9.17) is 4.74 Å². The average molecular weight is 177 g/mol. The van der Waals surface area contributed by atoms with Gasteiger partial charge in [-0.05, 0) is 31.6 Å². The molecule has 0 radical (unpaired) electrons. The topological polar surface area (TPSA) is 22.1 Å². The highest BCUT2D eigenvalue weighted by atomic mass is 16.5. The Morgan fingerprint density at radius 2 is 2.31 bits per heavy atom. The predicted molar refractivity (Wildman–Crippen MR) is 54.3 cm³/mol. The van der Waals surface area contributed by atoms with E-state index in [1.807, 2.05) is 31.3 Å². The Bertz CT molecular complexity index is 287. The largest absolute Gasteiger partial charge is 0.496 e. The average Bonchev–Trinajstić information content (AvgIpc) is 2.16. The van der Waals surface area contributed by atoms with Gasteiger partial charge < -0.3 is 4.74 Å². The SMILES string of the molecule is CC/C=C(/OC)c1ccc(C)nc1. The van der Waals surface area contributed by atoms with Crippen molar-refractivity contribution >= 4 is 5.76 Å². The Labute approximate surface area is 79.3 Å². The highest BCUT2D eigenvalue weighted by molar-refractivity contribution is 5.58. The number of allylic oxidation sites excluding steroid dienone is 1. The van der Waals surface area contributed by atoms with Gasteiger partial charge in [0.05, 0.1) is 7.11 Å². The van der Waals surface area contributed by atoms with Gasteiger partial charge in [0.15, 0.2) is 0 Å². The minimum absolute atomic E-state index is 0.898. The van der Waals surface area contributed by atoms with Crippen LogP contribution in [-0.2, 0) is 4.74 Å². The minimum Gasteiger partial charge on any atom is -0.496 e. The lowest BCUT2D eigenvalue weighted by Crippen LogP contribution is -1.89. The Balaban J connectivity index is 2.92. The molecule has 1 aromatic rings. The normalized spacial score (nSPS) is 11.5. The number of hydrogen-bond donors (Lipinski definition) is 0. The molecule has 0 atom stereocenters. The molecule has 0 amide bonds. The number of hydrogen-bond acceptors (Lipinski definition) is 2. The zero-order chi connectivity index (χ0) is 9.68. The first-order chi connectivity index (χ1) is 6.27. The molecular weight excluding hydrogens is 162 g/mol. The van der Waals surface area contributed by atoms with E-state index in [9.17, 15) is 0 Å². The van der Waals surface area contributed by atoms with Gasteiger partial charge in [0.2, 0.25) is 0 Å². The molecule has 0 bridgehead atoms. The van der Waals surface area contributed by atoms with Gasteiger partial charge in [-0.3, -0.25) is 4.98 Å². The maximum atomic E-state index is 5.24. The molecule has 13 heavy (non-hydrogen) atoms. The van der Waals surface area contributed by atoms with Crippen LogP contribution in [0.25, 0.3) is 5.76 Å². The van der Waals surface area contributed by atoms with Gasteiger partial charge in [0.1, 0.15) is 5.76 Å². The lowest BCUT2D eigenvalue weighted by Gasteiger charge is -2.05. The van der Waals surface area contributed by atoms with Crippen molar-refractivity contribution in [3.8, 4) is 0 Å². The molecule has 2 heteroatoms. The first-order valence-corrected chi connectivity index (χ1v) is 4.45. The van der Waals surface area contributed by atoms with Crippen LogP contribution in [0.3, 0.4) is 0 Å². The summed E-state index contributed by atoms with van der Waals surface area (Å²) in [6.07, 6.45) is 4.85. The molecule has 0 aliphatic heterocycles. The van der Waals surface area contributed by atoms with E-state index in [0.717, 1.165) is 23.4 Å².